The second-order valence-corrected chi connectivity index (χ2v) is 4.21. The third-order valence-electron chi connectivity index (χ3n) is 2.25. The summed E-state index contributed by atoms with van der Waals surface area (Å²) < 4.78 is 5.06. The van der Waals surface area contributed by atoms with E-state index in [1.54, 1.807) is 23.7 Å². The number of para-hydroxylation sites is 1. The van der Waals surface area contributed by atoms with E-state index in [0.29, 0.717) is 16.1 Å². The molecule has 1 amide bonds. The molecule has 3 aromatic rings. The van der Waals surface area contributed by atoms with E-state index in [4.69, 9.17) is 4.52 Å². The average molecular weight is 245 g/mol. The molecule has 0 aliphatic heterocycles. The first-order chi connectivity index (χ1) is 8.34. The predicted molar refractivity (Wildman–Crippen MR) is 64.1 cm³/mol. The minimum atomic E-state index is -0.315. The molecule has 0 aliphatic rings. The lowest BCUT2D eigenvalue weighted by molar-refractivity contribution is 0.102. The molecule has 6 heteroatoms. The van der Waals surface area contributed by atoms with Crippen LogP contribution < -0.4 is 5.32 Å². The van der Waals surface area contributed by atoms with E-state index in [1.807, 2.05) is 12.1 Å². The molecule has 0 saturated carbocycles. The van der Waals surface area contributed by atoms with Gasteiger partial charge in [-0.1, -0.05) is 17.3 Å². The van der Waals surface area contributed by atoms with Gasteiger partial charge in [0.2, 0.25) is 0 Å². The Morgan fingerprint density at radius 1 is 1.35 bits per heavy atom. The van der Waals surface area contributed by atoms with Crippen molar-refractivity contribution in [3.05, 3.63) is 41.5 Å². The maximum absolute atomic E-state index is 11.9. The number of hydrogen-bond acceptors (Lipinski definition) is 5. The van der Waals surface area contributed by atoms with Gasteiger partial charge in [0, 0.05) is 11.6 Å². The van der Waals surface area contributed by atoms with Crippen molar-refractivity contribution < 1.29 is 9.32 Å². The van der Waals surface area contributed by atoms with E-state index in [2.05, 4.69) is 15.5 Å². The van der Waals surface area contributed by atoms with Crippen molar-refractivity contribution in [2.24, 2.45) is 0 Å². The number of carbonyl (C=O) groups excluding carboxylic acids is 1. The van der Waals surface area contributed by atoms with E-state index in [0.717, 1.165) is 0 Å². The summed E-state index contributed by atoms with van der Waals surface area (Å²) in [5.41, 5.74) is 0.868. The highest BCUT2D eigenvalue weighted by atomic mass is 32.1. The molecule has 0 spiro atoms. The average Bonchev–Trinajstić information content (AvgIpc) is 2.96. The molecule has 17 heavy (non-hydrogen) atoms. The summed E-state index contributed by atoms with van der Waals surface area (Å²) in [6, 6.07) is 7.22. The smallest absolute Gasteiger partial charge is 0.280 e. The van der Waals surface area contributed by atoms with Gasteiger partial charge in [0.1, 0.15) is 0 Å². The molecule has 1 N–H and O–H groups in total. The Morgan fingerprint density at radius 3 is 3.06 bits per heavy atom. The van der Waals surface area contributed by atoms with Crippen LogP contribution in [0.2, 0.25) is 0 Å². The second kappa shape index (κ2) is 3.99. The molecule has 2 aromatic heterocycles. The van der Waals surface area contributed by atoms with Gasteiger partial charge in [-0.05, 0) is 12.1 Å². The number of anilines is 1. The summed E-state index contributed by atoms with van der Waals surface area (Å²) in [5.74, 6) is -0.315. The van der Waals surface area contributed by atoms with Crippen LogP contribution in [0.3, 0.4) is 0 Å². The fourth-order valence-electron chi connectivity index (χ4n) is 1.49. The van der Waals surface area contributed by atoms with Crippen molar-refractivity contribution >= 4 is 33.3 Å². The van der Waals surface area contributed by atoms with Crippen LogP contribution in [0.5, 0.6) is 0 Å². The Bertz CT molecular complexity index is 660. The van der Waals surface area contributed by atoms with Crippen LogP contribution in [0.15, 0.2) is 40.4 Å². The first kappa shape index (κ1) is 9.98. The number of fused-ring (bicyclic) bond motifs is 1. The van der Waals surface area contributed by atoms with Crippen molar-refractivity contribution in [3.63, 3.8) is 0 Å². The highest BCUT2D eigenvalue weighted by Crippen LogP contribution is 2.19. The largest absolute Gasteiger partial charge is 0.355 e. The summed E-state index contributed by atoms with van der Waals surface area (Å²) in [6.07, 6.45) is 1.63. The first-order valence-corrected chi connectivity index (χ1v) is 5.78. The summed E-state index contributed by atoms with van der Waals surface area (Å²) in [6.45, 7) is 0. The van der Waals surface area contributed by atoms with Crippen LogP contribution in [0.4, 0.5) is 5.13 Å². The minimum Gasteiger partial charge on any atom is -0.355 e. The molecule has 3 rings (SSSR count). The number of aromatic nitrogens is 2. The number of nitrogens with one attached hydrogen (secondary N) is 1. The quantitative estimate of drug-likeness (QED) is 0.753. The lowest BCUT2D eigenvalue weighted by Crippen LogP contribution is -2.12. The van der Waals surface area contributed by atoms with Crippen molar-refractivity contribution in [2.45, 2.75) is 0 Å². The fourth-order valence-corrected chi connectivity index (χ4v) is 2.02. The number of nitrogens with zero attached hydrogens (tertiary/aromatic N) is 2. The number of carbonyl (C=O) groups is 1. The second-order valence-electron chi connectivity index (χ2n) is 3.32. The van der Waals surface area contributed by atoms with Gasteiger partial charge in [-0.25, -0.2) is 4.98 Å². The van der Waals surface area contributed by atoms with Gasteiger partial charge in [0.25, 0.3) is 5.91 Å². The molecule has 84 valence electrons. The van der Waals surface area contributed by atoms with Crippen molar-refractivity contribution in [1.82, 2.24) is 10.1 Å². The molecule has 2 heterocycles. The van der Waals surface area contributed by atoms with Crippen LogP contribution >= 0.6 is 11.3 Å². The Kier molecular flexibility index (Phi) is 2.34. The normalized spacial score (nSPS) is 10.6. The Labute approximate surface area is 100 Å². The van der Waals surface area contributed by atoms with Crippen molar-refractivity contribution in [3.8, 4) is 0 Å². The van der Waals surface area contributed by atoms with E-state index in [1.165, 1.54) is 11.3 Å². The van der Waals surface area contributed by atoms with Gasteiger partial charge in [-0.2, -0.15) is 0 Å². The summed E-state index contributed by atoms with van der Waals surface area (Å²) in [5, 5.41) is 9.46. The first-order valence-electron chi connectivity index (χ1n) is 4.90. The zero-order valence-electron chi connectivity index (χ0n) is 8.58. The van der Waals surface area contributed by atoms with Gasteiger partial charge in [-0.3, -0.25) is 10.1 Å². The molecule has 5 nitrogen and oxygen atoms in total. The van der Waals surface area contributed by atoms with Gasteiger partial charge in [-0.15, -0.1) is 11.3 Å². The molecule has 0 aliphatic carbocycles. The van der Waals surface area contributed by atoms with Crippen LogP contribution in [-0.4, -0.2) is 16.0 Å². The van der Waals surface area contributed by atoms with E-state index in [9.17, 15) is 4.79 Å². The monoisotopic (exact) mass is 245 g/mol. The van der Waals surface area contributed by atoms with Crippen molar-refractivity contribution in [1.29, 1.82) is 0 Å². The summed E-state index contributed by atoms with van der Waals surface area (Å²) in [7, 11) is 0. The third kappa shape index (κ3) is 1.78. The molecular weight excluding hydrogens is 238 g/mol. The third-order valence-corrected chi connectivity index (χ3v) is 2.93. The number of amides is 1. The maximum Gasteiger partial charge on any atom is 0.280 e. The molecular formula is C11H7N3O2S. The zero-order chi connectivity index (χ0) is 11.7. The SMILES string of the molecule is O=C(Nc1nccs1)c1noc2ccccc12. The van der Waals surface area contributed by atoms with E-state index < -0.39 is 0 Å². The summed E-state index contributed by atoms with van der Waals surface area (Å²) in [4.78, 5) is 15.9. The topological polar surface area (TPSA) is 68.0 Å². The molecule has 0 bridgehead atoms. The lowest BCUT2D eigenvalue weighted by Gasteiger charge is -1.96. The van der Waals surface area contributed by atoms with Crippen LogP contribution in [0, 0.1) is 0 Å². The minimum absolute atomic E-state index is 0.274. The van der Waals surface area contributed by atoms with Gasteiger partial charge >= 0.3 is 0 Å². The van der Waals surface area contributed by atoms with Crippen LogP contribution in [-0.2, 0) is 0 Å². The molecule has 1 aromatic carbocycles. The van der Waals surface area contributed by atoms with E-state index in [-0.39, 0.29) is 11.6 Å². The molecule has 0 radical (unpaired) electrons. The van der Waals surface area contributed by atoms with E-state index >= 15 is 0 Å². The molecule has 0 unspecified atom stereocenters. The molecule has 0 fully saturated rings. The lowest BCUT2D eigenvalue weighted by atomic mass is 10.2. The zero-order valence-corrected chi connectivity index (χ0v) is 9.40. The van der Waals surface area contributed by atoms with Gasteiger partial charge in [0.05, 0.1) is 5.39 Å². The van der Waals surface area contributed by atoms with Crippen LogP contribution in [0.25, 0.3) is 11.0 Å². The standard InChI is InChI=1S/C11H7N3O2S/c15-10(13-11-12-5-6-17-11)9-7-3-1-2-4-8(7)16-14-9/h1-6H,(H,12,13,15). The van der Waals surface area contributed by atoms with Gasteiger partial charge < -0.3 is 4.52 Å². The highest BCUT2D eigenvalue weighted by Gasteiger charge is 2.16. The maximum atomic E-state index is 11.9. The Balaban J connectivity index is 1.96. The molecule has 0 atom stereocenters. The fraction of sp³-hybridized carbons (Fsp3) is 0. The Morgan fingerprint density at radius 2 is 2.24 bits per heavy atom. The predicted octanol–water partition coefficient (Wildman–Crippen LogP) is 2.54. The van der Waals surface area contributed by atoms with Gasteiger partial charge in [0.15, 0.2) is 16.4 Å². The number of rotatable bonds is 2. The Hall–Kier alpha value is -2.21. The number of benzene rings is 1. The summed E-state index contributed by atoms with van der Waals surface area (Å²) >= 11 is 1.35. The highest BCUT2D eigenvalue weighted by molar-refractivity contribution is 7.13. The number of thiazole rings is 1. The van der Waals surface area contributed by atoms with Crippen LogP contribution in [0.1, 0.15) is 10.5 Å². The van der Waals surface area contributed by atoms with Crippen molar-refractivity contribution in [2.75, 3.05) is 5.32 Å². The molecule has 0 saturated heterocycles. The number of hydrogen-bond donors (Lipinski definition) is 1.